The van der Waals surface area contributed by atoms with Crippen LogP contribution >= 0.6 is 0 Å². The zero-order chi connectivity index (χ0) is 19.1. The SMILES string of the molecule is FC(F)(F)c1ccc(-c2nc(CNC34CC5CC6CC(C3)C6(C5)C4)no2)cc1. The molecule has 4 saturated carbocycles. The highest BCUT2D eigenvalue weighted by Crippen LogP contribution is 2.76. The van der Waals surface area contributed by atoms with Crippen LogP contribution in [0.1, 0.15) is 49.9 Å². The Balaban J connectivity index is 1.16. The molecule has 3 bridgehead atoms. The van der Waals surface area contributed by atoms with Crippen molar-refractivity contribution in [3.8, 4) is 11.5 Å². The van der Waals surface area contributed by atoms with Crippen molar-refractivity contribution < 1.29 is 17.7 Å². The van der Waals surface area contributed by atoms with E-state index >= 15 is 0 Å². The zero-order valence-electron chi connectivity index (χ0n) is 15.4. The van der Waals surface area contributed by atoms with Crippen molar-refractivity contribution >= 4 is 0 Å². The predicted octanol–water partition coefficient (Wildman–Crippen LogP) is 4.81. The van der Waals surface area contributed by atoms with Gasteiger partial charge in [-0.1, -0.05) is 5.16 Å². The molecule has 5 unspecified atom stereocenters. The molecule has 4 aliphatic rings. The summed E-state index contributed by atoms with van der Waals surface area (Å²) in [5, 5.41) is 7.79. The molecule has 7 heteroatoms. The average Bonchev–Trinajstić information content (AvgIpc) is 3.25. The second kappa shape index (κ2) is 5.38. The van der Waals surface area contributed by atoms with Gasteiger partial charge in [0.1, 0.15) is 0 Å². The first-order valence-electron chi connectivity index (χ1n) is 10.1. The van der Waals surface area contributed by atoms with Gasteiger partial charge in [0.05, 0.1) is 12.1 Å². The van der Waals surface area contributed by atoms with Crippen LogP contribution in [0.15, 0.2) is 28.8 Å². The Morgan fingerprint density at radius 2 is 1.89 bits per heavy atom. The summed E-state index contributed by atoms with van der Waals surface area (Å²) in [6.45, 7) is 0.546. The smallest absolute Gasteiger partial charge is 0.334 e. The number of benzene rings is 1. The molecule has 148 valence electrons. The van der Waals surface area contributed by atoms with Crippen molar-refractivity contribution in [1.29, 1.82) is 0 Å². The lowest BCUT2D eigenvalue weighted by atomic mass is 9.56. The van der Waals surface area contributed by atoms with Gasteiger partial charge in [-0.2, -0.15) is 18.2 Å². The number of aromatic nitrogens is 2. The van der Waals surface area contributed by atoms with Crippen molar-refractivity contribution in [3.05, 3.63) is 35.7 Å². The standard InChI is InChI=1S/C21H22F3N3O/c22-21(23,24)14-3-1-13(2-4-14)18-26-17(27-28-18)10-25-19-7-12-5-15-6-16(9-19)20(15,8-12)11-19/h1-4,12,15-16,25H,5-11H2. The molecule has 1 heterocycles. The molecule has 0 radical (unpaired) electrons. The summed E-state index contributed by atoms with van der Waals surface area (Å²) in [6, 6.07) is 4.83. The molecule has 4 aliphatic carbocycles. The predicted molar refractivity (Wildman–Crippen MR) is 94.9 cm³/mol. The molecule has 5 atom stereocenters. The Morgan fingerprint density at radius 3 is 2.68 bits per heavy atom. The molecule has 2 aromatic rings. The summed E-state index contributed by atoms with van der Waals surface area (Å²) >= 11 is 0. The highest BCUT2D eigenvalue weighted by molar-refractivity contribution is 5.53. The van der Waals surface area contributed by atoms with E-state index in [9.17, 15) is 13.2 Å². The van der Waals surface area contributed by atoms with E-state index in [1.54, 1.807) is 0 Å². The fraction of sp³-hybridized carbons (Fsp3) is 0.619. The largest absolute Gasteiger partial charge is 0.416 e. The van der Waals surface area contributed by atoms with Crippen LogP contribution in [0, 0.1) is 23.2 Å². The van der Waals surface area contributed by atoms with Crippen LogP contribution in [-0.4, -0.2) is 15.7 Å². The Morgan fingerprint density at radius 1 is 1.07 bits per heavy atom. The number of nitrogens with zero attached hydrogens (tertiary/aromatic N) is 2. The molecule has 4 nitrogen and oxygen atoms in total. The quantitative estimate of drug-likeness (QED) is 0.815. The van der Waals surface area contributed by atoms with E-state index in [0.29, 0.717) is 23.3 Å². The number of hydrogen-bond donors (Lipinski definition) is 1. The van der Waals surface area contributed by atoms with E-state index in [0.717, 1.165) is 29.9 Å². The summed E-state index contributed by atoms with van der Waals surface area (Å²) in [5.74, 6) is 3.55. The van der Waals surface area contributed by atoms with Gasteiger partial charge < -0.3 is 9.84 Å². The van der Waals surface area contributed by atoms with Gasteiger partial charge in [-0.05, 0) is 86.0 Å². The Bertz CT molecular complexity index is 920. The van der Waals surface area contributed by atoms with Crippen molar-refractivity contribution in [3.63, 3.8) is 0 Å². The lowest BCUT2D eigenvalue weighted by Crippen LogP contribution is -2.47. The van der Waals surface area contributed by atoms with Crippen LogP contribution in [-0.2, 0) is 12.7 Å². The van der Waals surface area contributed by atoms with Crippen LogP contribution in [0.25, 0.3) is 11.5 Å². The lowest BCUT2D eigenvalue weighted by molar-refractivity contribution is -0.137. The Hall–Kier alpha value is -1.89. The van der Waals surface area contributed by atoms with Crippen LogP contribution in [0.2, 0.25) is 0 Å². The van der Waals surface area contributed by atoms with Gasteiger partial charge in [-0.15, -0.1) is 0 Å². The summed E-state index contributed by atoms with van der Waals surface area (Å²) in [7, 11) is 0. The number of nitrogens with one attached hydrogen (secondary N) is 1. The fourth-order valence-electron chi connectivity index (χ4n) is 7.08. The lowest BCUT2D eigenvalue weighted by Gasteiger charge is -2.49. The number of hydrogen-bond acceptors (Lipinski definition) is 4. The average molecular weight is 389 g/mol. The van der Waals surface area contributed by atoms with Crippen molar-refractivity contribution in [2.45, 2.75) is 56.8 Å². The maximum Gasteiger partial charge on any atom is 0.416 e. The molecule has 1 N–H and O–H groups in total. The third-order valence-electron chi connectivity index (χ3n) is 8.01. The molecule has 0 saturated heterocycles. The molecular formula is C21H22F3N3O. The summed E-state index contributed by atoms with van der Waals surface area (Å²) < 4.78 is 43.4. The number of halogens is 3. The molecule has 4 fully saturated rings. The minimum atomic E-state index is -4.35. The number of fused-ring (bicyclic) bond motifs is 2. The minimum absolute atomic E-state index is 0.216. The third-order valence-corrected chi connectivity index (χ3v) is 8.01. The van der Waals surface area contributed by atoms with Crippen molar-refractivity contribution in [1.82, 2.24) is 15.5 Å². The van der Waals surface area contributed by atoms with Crippen LogP contribution in [0.5, 0.6) is 0 Å². The molecule has 6 rings (SSSR count). The van der Waals surface area contributed by atoms with E-state index < -0.39 is 11.7 Å². The molecule has 28 heavy (non-hydrogen) atoms. The molecule has 0 aliphatic heterocycles. The highest BCUT2D eigenvalue weighted by atomic mass is 19.4. The van der Waals surface area contributed by atoms with E-state index in [1.165, 1.54) is 50.7 Å². The zero-order valence-corrected chi connectivity index (χ0v) is 15.4. The van der Waals surface area contributed by atoms with E-state index in [2.05, 4.69) is 15.5 Å². The first-order chi connectivity index (χ1) is 13.4. The molecular weight excluding hydrogens is 367 g/mol. The second-order valence-corrected chi connectivity index (χ2v) is 9.48. The Labute approximate surface area is 160 Å². The van der Waals surface area contributed by atoms with Gasteiger partial charge in [0, 0.05) is 11.1 Å². The first-order valence-corrected chi connectivity index (χ1v) is 10.1. The number of rotatable bonds is 4. The van der Waals surface area contributed by atoms with Crippen LogP contribution in [0.3, 0.4) is 0 Å². The molecule has 0 amide bonds. The first kappa shape index (κ1) is 17.0. The van der Waals surface area contributed by atoms with Gasteiger partial charge in [-0.25, -0.2) is 0 Å². The Kier molecular flexibility index (Phi) is 3.27. The monoisotopic (exact) mass is 389 g/mol. The van der Waals surface area contributed by atoms with E-state index in [4.69, 9.17) is 4.52 Å². The highest BCUT2D eigenvalue weighted by Gasteiger charge is 2.70. The van der Waals surface area contributed by atoms with Gasteiger partial charge >= 0.3 is 6.18 Å². The number of alkyl halides is 3. The van der Waals surface area contributed by atoms with Crippen LogP contribution < -0.4 is 5.32 Å². The summed E-state index contributed by atoms with van der Waals surface area (Å²) in [6.07, 6.45) is 3.73. The second-order valence-electron chi connectivity index (χ2n) is 9.48. The topological polar surface area (TPSA) is 51.0 Å². The van der Waals surface area contributed by atoms with Gasteiger partial charge in [-0.3, -0.25) is 0 Å². The van der Waals surface area contributed by atoms with Crippen molar-refractivity contribution in [2.24, 2.45) is 23.2 Å². The van der Waals surface area contributed by atoms with E-state index in [-0.39, 0.29) is 11.4 Å². The normalized spacial score (nSPS) is 37.9. The van der Waals surface area contributed by atoms with Crippen LogP contribution in [0.4, 0.5) is 13.2 Å². The van der Waals surface area contributed by atoms with Gasteiger partial charge in [0.2, 0.25) is 0 Å². The molecule has 1 spiro atoms. The van der Waals surface area contributed by atoms with Gasteiger partial charge in [0.15, 0.2) is 5.82 Å². The maximum absolute atomic E-state index is 12.7. The summed E-state index contributed by atoms with van der Waals surface area (Å²) in [5.41, 5.74) is 0.658. The fourth-order valence-corrected chi connectivity index (χ4v) is 7.08. The van der Waals surface area contributed by atoms with Gasteiger partial charge in [0.25, 0.3) is 5.89 Å². The maximum atomic E-state index is 12.7. The minimum Gasteiger partial charge on any atom is -0.334 e. The molecule has 1 aromatic heterocycles. The van der Waals surface area contributed by atoms with E-state index in [1.807, 2.05) is 0 Å². The molecule has 1 aromatic carbocycles. The van der Waals surface area contributed by atoms with Crippen molar-refractivity contribution in [2.75, 3.05) is 0 Å². The third kappa shape index (κ3) is 2.34. The summed E-state index contributed by atoms with van der Waals surface area (Å²) in [4.78, 5) is 4.40.